The molecule has 0 aliphatic carbocycles. The third-order valence-electron chi connectivity index (χ3n) is 4.73. The molecule has 1 spiro atoms. The number of nitrogens with zero attached hydrogens (tertiary/aromatic N) is 2. The molecular formula is C17H25N3O2. The van der Waals surface area contributed by atoms with Gasteiger partial charge in [-0.15, -0.1) is 0 Å². The maximum Gasteiger partial charge on any atom is 0.410 e. The molecule has 22 heavy (non-hydrogen) atoms. The normalized spacial score (nSPS) is 23.0. The number of ether oxygens (including phenoxy) is 1. The highest BCUT2D eigenvalue weighted by molar-refractivity contribution is 5.70. The Hall–Kier alpha value is -1.91. The highest BCUT2D eigenvalue weighted by atomic mass is 16.6. The fourth-order valence-electron chi connectivity index (χ4n) is 3.34. The number of hydrogen-bond donors (Lipinski definition) is 1. The van der Waals surface area contributed by atoms with E-state index in [9.17, 15) is 4.79 Å². The molecule has 0 saturated carbocycles. The summed E-state index contributed by atoms with van der Waals surface area (Å²) in [6.07, 6.45) is -0.198. The zero-order valence-electron chi connectivity index (χ0n) is 13.8. The predicted octanol–water partition coefficient (Wildman–Crippen LogP) is 2.71. The molecule has 2 aliphatic heterocycles. The molecule has 1 aromatic rings. The first kappa shape index (κ1) is 15.0. The van der Waals surface area contributed by atoms with Gasteiger partial charge in [-0.1, -0.05) is 0 Å². The zero-order chi connectivity index (χ0) is 16.1. The van der Waals surface area contributed by atoms with Gasteiger partial charge in [0.1, 0.15) is 5.60 Å². The standard InChI is InChI=1S/C17H25N3O2/c1-12-17(9-19(10-17)15(21)22-16(2,3)4)11-20(12)14-7-5-13(18)6-8-14/h5-8,12H,9-11,18H2,1-4H3. The van der Waals surface area contributed by atoms with Gasteiger partial charge in [0, 0.05) is 42.5 Å². The highest BCUT2D eigenvalue weighted by Crippen LogP contribution is 2.47. The summed E-state index contributed by atoms with van der Waals surface area (Å²) in [5, 5.41) is 0. The van der Waals surface area contributed by atoms with Crippen LogP contribution in [-0.4, -0.2) is 42.3 Å². The molecule has 1 amide bonds. The second kappa shape index (κ2) is 4.80. The van der Waals surface area contributed by atoms with Gasteiger partial charge in [-0.3, -0.25) is 0 Å². The highest BCUT2D eigenvalue weighted by Gasteiger charge is 2.58. The number of amides is 1. The van der Waals surface area contributed by atoms with Crippen molar-refractivity contribution in [2.45, 2.75) is 39.3 Å². The van der Waals surface area contributed by atoms with E-state index < -0.39 is 5.60 Å². The van der Waals surface area contributed by atoms with Crippen molar-refractivity contribution in [2.75, 3.05) is 30.3 Å². The van der Waals surface area contributed by atoms with Crippen LogP contribution in [0.25, 0.3) is 0 Å². The van der Waals surface area contributed by atoms with Crippen LogP contribution in [-0.2, 0) is 4.74 Å². The number of carbonyl (C=O) groups excluding carboxylic acids is 1. The zero-order valence-corrected chi connectivity index (χ0v) is 13.8. The summed E-state index contributed by atoms with van der Waals surface area (Å²) in [5.41, 5.74) is 7.51. The molecule has 2 heterocycles. The number of anilines is 2. The van der Waals surface area contributed by atoms with Crippen LogP contribution in [0.1, 0.15) is 27.7 Å². The Bertz CT molecular complexity index is 571. The second-order valence-corrected chi connectivity index (χ2v) is 7.59. The molecule has 2 saturated heterocycles. The van der Waals surface area contributed by atoms with Gasteiger partial charge in [-0.2, -0.15) is 0 Å². The van der Waals surface area contributed by atoms with Crippen LogP contribution in [0, 0.1) is 5.41 Å². The molecule has 3 rings (SSSR count). The fraction of sp³-hybridized carbons (Fsp3) is 0.588. The molecule has 5 heteroatoms. The SMILES string of the molecule is CC1N(c2ccc(N)cc2)CC12CN(C(=O)OC(C)(C)C)C2. The smallest absolute Gasteiger partial charge is 0.410 e. The van der Waals surface area contributed by atoms with Crippen molar-refractivity contribution in [3.8, 4) is 0 Å². The lowest BCUT2D eigenvalue weighted by Crippen LogP contribution is -2.77. The Morgan fingerprint density at radius 1 is 1.23 bits per heavy atom. The van der Waals surface area contributed by atoms with Crippen LogP contribution in [0.3, 0.4) is 0 Å². The first-order chi connectivity index (χ1) is 10.2. The van der Waals surface area contributed by atoms with E-state index in [4.69, 9.17) is 10.5 Å². The lowest BCUT2D eigenvalue weighted by molar-refractivity contribution is -0.0642. The number of likely N-dealkylation sites (tertiary alicyclic amines) is 1. The van der Waals surface area contributed by atoms with Crippen LogP contribution in [0.5, 0.6) is 0 Å². The van der Waals surface area contributed by atoms with Crippen molar-refractivity contribution in [1.82, 2.24) is 4.90 Å². The van der Waals surface area contributed by atoms with Crippen LogP contribution < -0.4 is 10.6 Å². The fourth-order valence-corrected chi connectivity index (χ4v) is 3.34. The minimum atomic E-state index is -0.429. The predicted molar refractivity (Wildman–Crippen MR) is 87.9 cm³/mol. The van der Waals surface area contributed by atoms with Crippen LogP contribution in [0.15, 0.2) is 24.3 Å². The molecule has 0 bridgehead atoms. The summed E-state index contributed by atoms with van der Waals surface area (Å²) in [7, 11) is 0. The van der Waals surface area contributed by atoms with E-state index >= 15 is 0 Å². The van der Waals surface area contributed by atoms with Gasteiger partial charge >= 0.3 is 6.09 Å². The van der Waals surface area contributed by atoms with Crippen LogP contribution in [0.4, 0.5) is 16.2 Å². The Morgan fingerprint density at radius 3 is 2.32 bits per heavy atom. The van der Waals surface area contributed by atoms with Gasteiger partial charge in [0.05, 0.1) is 0 Å². The Kier molecular flexibility index (Phi) is 3.27. The van der Waals surface area contributed by atoms with E-state index in [0.717, 1.165) is 25.3 Å². The van der Waals surface area contributed by atoms with Gasteiger partial charge < -0.3 is 20.3 Å². The molecule has 120 valence electrons. The third-order valence-corrected chi connectivity index (χ3v) is 4.73. The first-order valence-electron chi connectivity index (χ1n) is 7.80. The van der Waals surface area contributed by atoms with Crippen molar-refractivity contribution in [2.24, 2.45) is 5.41 Å². The monoisotopic (exact) mass is 303 g/mol. The molecule has 2 fully saturated rings. The molecule has 0 aromatic heterocycles. The summed E-state index contributed by atoms with van der Waals surface area (Å²) < 4.78 is 5.42. The average molecular weight is 303 g/mol. The number of rotatable bonds is 1. The topological polar surface area (TPSA) is 58.8 Å². The summed E-state index contributed by atoms with van der Waals surface area (Å²) >= 11 is 0. The Balaban J connectivity index is 1.57. The number of benzene rings is 1. The van der Waals surface area contributed by atoms with E-state index in [2.05, 4.69) is 24.0 Å². The van der Waals surface area contributed by atoms with E-state index in [1.807, 2.05) is 37.8 Å². The van der Waals surface area contributed by atoms with Crippen molar-refractivity contribution >= 4 is 17.5 Å². The number of nitrogen functional groups attached to an aromatic ring is 1. The maximum absolute atomic E-state index is 12.0. The third kappa shape index (κ3) is 2.49. The van der Waals surface area contributed by atoms with E-state index in [1.54, 1.807) is 0 Å². The minimum Gasteiger partial charge on any atom is -0.444 e. The van der Waals surface area contributed by atoms with Gasteiger partial charge in [0.2, 0.25) is 0 Å². The second-order valence-electron chi connectivity index (χ2n) is 7.59. The molecule has 1 atom stereocenters. The molecule has 0 radical (unpaired) electrons. The summed E-state index contributed by atoms with van der Waals surface area (Å²) in [4.78, 5) is 16.2. The molecule has 1 unspecified atom stereocenters. The number of carbonyl (C=O) groups is 1. The molecule has 2 aliphatic rings. The van der Waals surface area contributed by atoms with E-state index in [1.165, 1.54) is 5.69 Å². The lowest BCUT2D eigenvalue weighted by atomic mass is 9.66. The van der Waals surface area contributed by atoms with Gasteiger partial charge in [0.15, 0.2) is 0 Å². The van der Waals surface area contributed by atoms with Crippen LogP contribution >= 0.6 is 0 Å². The lowest BCUT2D eigenvalue weighted by Gasteiger charge is -2.65. The quantitative estimate of drug-likeness (QED) is 0.810. The number of nitrogens with two attached hydrogens (primary N) is 1. The summed E-state index contributed by atoms with van der Waals surface area (Å²) in [6.45, 7) is 10.5. The number of hydrogen-bond acceptors (Lipinski definition) is 4. The summed E-state index contributed by atoms with van der Waals surface area (Å²) in [6, 6.07) is 8.41. The van der Waals surface area contributed by atoms with Crippen LogP contribution in [0.2, 0.25) is 0 Å². The van der Waals surface area contributed by atoms with Crippen molar-refractivity contribution in [1.29, 1.82) is 0 Å². The van der Waals surface area contributed by atoms with Crippen molar-refractivity contribution < 1.29 is 9.53 Å². The van der Waals surface area contributed by atoms with E-state index in [-0.39, 0.29) is 11.5 Å². The minimum absolute atomic E-state index is 0.198. The van der Waals surface area contributed by atoms with Crippen molar-refractivity contribution in [3.05, 3.63) is 24.3 Å². The Morgan fingerprint density at radius 2 is 1.82 bits per heavy atom. The molecule has 5 nitrogen and oxygen atoms in total. The van der Waals surface area contributed by atoms with Gasteiger partial charge in [-0.05, 0) is 52.0 Å². The Labute approximate surface area is 132 Å². The van der Waals surface area contributed by atoms with Crippen molar-refractivity contribution in [3.63, 3.8) is 0 Å². The first-order valence-corrected chi connectivity index (χ1v) is 7.80. The molecule has 1 aromatic carbocycles. The van der Waals surface area contributed by atoms with Gasteiger partial charge in [-0.25, -0.2) is 4.79 Å². The molecule has 2 N–H and O–H groups in total. The maximum atomic E-state index is 12.0. The summed E-state index contributed by atoms with van der Waals surface area (Å²) in [5.74, 6) is 0. The average Bonchev–Trinajstić information content (AvgIpc) is 2.35. The largest absolute Gasteiger partial charge is 0.444 e. The molecular weight excluding hydrogens is 278 g/mol. The van der Waals surface area contributed by atoms with Gasteiger partial charge in [0.25, 0.3) is 0 Å². The van der Waals surface area contributed by atoms with E-state index in [0.29, 0.717) is 6.04 Å².